The number of nitrogens with zero attached hydrogens (tertiary/aromatic N) is 3. The van der Waals surface area contributed by atoms with Gasteiger partial charge in [-0.25, -0.2) is 4.68 Å². The van der Waals surface area contributed by atoms with Crippen LogP contribution in [0.5, 0.6) is 0 Å². The minimum absolute atomic E-state index is 0.466. The molecule has 2 N–H and O–H groups in total. The molecule has 0 radical (unpaired) electrons. The number of anilines is 1. The highest BCUT2D eigenvalue weighted by Crippen LogP contribution is 2.16. The zero-order valence-corrected chi connectivity index (χ0v) is 9.19. The summed E-state index contributed by atoms with van der Waals surface area (Å²) < 4.78 is 2.74. The molecule has 0 aliphatic carbocycles. The third-order valence-corrected chi connectivity index (χ3v) is 2.53. The highest BCUT2D eigenvalue weighted by atomic mass is 79.9. The van der Waals surface area contributed by atoms with E-state index >= 15 is 0 Å². The van der Waals surface area contributed by atoms with Gasteiger partial charge in [0, 0.05) is 4.47 Å². The zero-order valence-electron chi connectivity index (χ0n) is 7.61. The first kappa shape index (κ1) is 9.21. The van der Waals surface area contributed by atoms with Crippen molar-refractivity contribution in [1.29, 1.82) is 0 Å². The van der Waals surface area contributed by atoms with E-state index in [4.69, 9.17) is 5.73 Å². The van der Waals surface area contributed by atoms with Crippen LogP contribution in [-0.4, -0.2) is 15.0 Å². The van der Waals surface area contributed by atoms with Crippen LogP contribution in [0.25, 0.3) is 5.69 Å². The Kier molecular flexibility index (Phi) is 2.25. The molecule has 5 heteroatoms. The van der Waals surface area contributed by atoms with Crippen molar-refractivity contribution in [2.45, 2.75) is 6.92 Å². The molecule has 1 aromatic carbocycles. The summed E-state index contributed by atoms with van der Waals surface area (Å²) in [6, 6.07) is 7.80. The van der Waals surface area contributed by atoms with E-state index in [1.54, 1.807) is 4.68 Å². The summed E-state index contributed by atoms with van der Waals surface area (Å²) in [6.45, 7) is 1.89. The van der Waals surface area contributed by atoms with E-state index in [1.165, 1.54) is 0 Å². The minimum atomic E-state index is 0.466. The smallest absolute Gasteiger partial charge is 0.169 e. The largest absolute Gasteiger partial charge is 0.381 e. The van der Waals surface area contributed by atoms with Crippen LogP contribution in [0.2, 0.25) is 0 Å². The average Bonchev–Trinajstić information content (AvgIpc) is 2.50. The number of hydrogen-bond acceptors (Lipinski definition) is 3. The van der Waals surface area contributed by atoms with Gasteiger partial charge < -0.3 is 5.73 Å². The predicted octanol–water partition coefficient (Wildman–Crippen LogP) is 1.92. The van der Waals surface area contributed by atoms with Crippen LogP contribution in [0.4, 0.5) is 5.82 Å². The number of benzene rings is 1. The molecule has 4 nitrogen and oxygen atoms in total. The quantitative estimate of drug-likeness (QED) is 0.844. The molecule has 0 atom stereocenters. The Balaban J connectivity index is 2.49. The van der Waals surface area contributed by atoms with Crippen LogP contribution in [-0.2, 0) is 0 Å². The molecule has 72 valence electrons. The minimum Gasteiger partial charge on any atom is -0.381 e. The fourth-order valence-corrected chi connectivity index (χ4v) is 1.43. The predicted molar refractivity (Wildman–Crippen MR) is 58.2 cm³/mol. The third-order valence-electron chi connectivity index (χ3n) is 2.00. The molecule has 0 saturated carbocycles. The monoisotopic (exact) mass is 252 g/mol. The van der Waals surface area contributed by atoms with Gasteiger partial charge in [0.2, 0.25) is 0 Å². The average molecular weight is 253 g/mol. The second-order valence-corrected chi connectivity index (χ2v) is 3.86. The maximum atomic E-state index is 5.60. The molecule has 0 aliphatic heterocycles. The number of nitrogen functional groups attached to an aromatic ring is 1. The van der Waals surface area contributed by atoms with Gasteiger partial charge in [0.15, 0.2) is 5.82 Å². The maximum absolute atomic E-state index is 5.60. The molecule has 0 amide bonds. The number of aromatic nitrogens is 3. The Morgan fingerprint density at radius 3 is 2.43 bits per heavy atom. The summed E-state index contributed by atoms with van der Waals surface area (Å²) in [5, 5.41) is 7.74. The van der Waals surface area contributed by atoms with Gasteiger partial charge in [-0.05, 0) is 31.2 Å². The van der Waals surface area contributed by atoms with E-state index in [1.807, 2.05) is 31.2 Å². The van der Waals surface area contributed by atoms with Crippen LogP contribution >= 0.6 is 15.9 Å². The van der Waals surface area contributed by atoms with E-state index in [2.05, 4.69) is 26.2 Å². The molecule has 1 aromatic heterocycles. The Morgan fingerprint density at radius 1 is 1.29 bits per heavy atom. The van der Waals surface area contributed by atoms with Gasteiger partial charge in [-0.1, -0.05) is 21.1 Å². The zero-order chi connectivity index (χ0) is 10.1. The molecule has 0 unspecified atom stereocenters. The van der Waals surface area contributed by atoms with E-state index in [0.29, 0.717) is 5.82 Å². The number of rotatable bonds is 1. The van der Waals surface area contributed by atoms with Crippen LogP contribution in [0.15, 0.2) is 28.7 Å². The first-order valence-electron chi connectivity index (χ1n) is 4.12. The summed E-state index contributed by atoms with van der Waals surface area (Å²) >= 11 is 3.37. The molecular weight excluding hydrogens is 244 g/mol. The van der Waals surface area contributed by atoms with Crippen molar-refractivity contribution >= 4 is 21.7 Å². The summed E-state index contributed by atoms with van der Waals surface area (Å²) in [4.78, 5) is 0. The first-order valence-corrected chi connectivity index (χ1v) is 4.91. The highest BCUT2D eigenvalue weighted by molar-refractivity contribution is 9.10. The Bertz CT molecular complexity index is 446. The topological polar surface area (TPSA) is 56.7 Å². The molecule has 0 spiro atoms. The SMILES string of the molecule is Cc1c(N)nnn1-c1ccc(Br)cc1. The Hall–Kier alpha value is -1.36. The lowest BCUT2D eigenvalue weighted by Gasteiger charge is -2.02. The summed E-state index contributed by atoms with van der Waals surface area (Å²) in [7, 11) is 0. The number of nitrogens with two attached hydrogens (primary N) is 1. The van der Waals surface area contributed by atoms with Gasteiger partial charge in [0.25, 0.3) is 0 Å². The van der Waals surface area contributed by atoms with E-state index in [0.717, 1.165) is 15.9 Å². The fraction of sp³-hybridized carbons (Fsp3) is 0.111. The molecule has 1 heterocycles. The number of halogens is 1. The normalized spacial score (nSPS) is 10.4. The van der Waals surface area contributed by atoms with Gasteiger partial charge in [0.05, 0.1) is 11.4 Å². The second-order valence-electron chi connectivity index (χ2n) is 2.95. The Morgan fingerprint density at radius 2 is 1.93 bits per heavy atom. The lowest BCUT2D eigenvalue weighted by Crippen LogP contribution is -1.99. The Labute approximate surface area is 89.9 Å². The number of hydrogen-bond donors (Lipinski definition) is 1. The van der Waals surface area contributed by atoms with Crippen molar-refractivity contribution < 1.29 is 0 Å². The lowest BCUT2D eigenvalue weighted by atomic mass is 10.3. The van der Waals surface area contributed by atoms with Crippen molar-refractivity contribution in [2.24, 2.45) is 0 Å². The summed E-state index contributed by atoms with van der Waals surface area (Å²) in [5.74, 6) is 0.466. The summed E-state index contributed by atoms with van der Waals surface area (Å²) in [5.41, 5.74) is 7.41. The van der Waals surface area contributed by atoms with Gasteiger partial charge in [-0.3, -0.25) is 0 Å². The van der Waals surface area contributed by atoms with E-state index < -0.39 is 0 Å². The van der Waals surface area contributed by atoms with Crippen molar-refractivity contribution in [3.8, 4) is 5.69 Å². The van der Waals surface area contributed by atoms with Crippen LogP contribution in [0.1, 0.15) is 5.69 Å². The highest BCUT2D eigenvalue weighted by Gasteiger charge is 2.05. The molecule has 2 rings (SSSR count). The lowest BCUT2D eigenvalue weighted by molar-refractivity contribution is 0.785. The standard InChI is InChI=1S/C9H9BrN4/c1-6-9(11)12-13-14(6)8-4-2-7(10)3-5-8/h2-5H,11H2,1H3. The van der Waals surface area contributed by atoms with Crippen molar-refractivity contribution in [2.75, 3.05) is 5.73 Å². The fourth-order valence-electron chi connectivity index (χ4n) is 1.17. The van der Waals surface area contributed by atoms with Crippen molar-refractivity contribution in [3.63, 3.8) is 0 Å². The third kappa shape index (κ3) is 1.50. The molecular formula is C9H9BrN4. The molecule has 0 aliphatic rings. The van der Waals surface area contributed by atoms with Crippen LogP contribution in [0.3, 0.4) is 0 Å². The summed E-state index contributed by atoms with van der Waals surface area (Å²) in [6.07, 6.45) is 0. The van der Waals surface area contributed by atoms with Crippen LogP contribution < -0.4 is 5.73 Å². The second kappa shape index (κ2) is 3.42. The van der Waals surface area contributed by atoms with Crippen molar-refractivity contribution in [3.05, 3.63) is 34.4 Å². The van der Waals surface area contributed by atoms with Gasteiger partial charge in [0.1, 0.15) is 0 Å². The molecule has 14 heavy (non-hydrogen) atoms. The van der Waals surface area contributed by atoms with Gasteiger partial charge >= 0.3 is 0 Å². The van der Waals surface area contributed by atoms with Crippen molar-refractivity contribution in [1.82, 2.24) is 15.0 Å². The van der Waals surface area contributed by atoms with E-state index in [9.17, 15) is 0 Å². The molecule has 0 bridgehead atoms. The van der Waals surface area contributed by atoms with E-state index in [-0.39, 0.29) is 0 Å². The first-order chi connectivity index (χ1) is 6.68. The maximum Gasteiger partial charge on any atom is 0.169 e. The molecule has 0 saturated heterocycles. The van der Waals surface area contributed by atoms with Crippen LogP contribution in [0, 0.1) is 6.92 Å². The molecule has 0 fully saturated rings. The van der Waals surface area contributed by atoms with Gasteiger partial charge in [-0.2, -0.15) is 0 Å². The molecule has 2 aromatic rings. The van der Waals surface area contributed by atoms with Gasteiger partial charge in [-0.15, -0.1) is 5.10 Å².